The largest absolute Gasteiger partial charge is 0.416 e. The lowest BCUT2D eigenvalue weighted by atomic mass is 9.87. The summed E-state index contributed by atoms with van der Waals surface area (Å²) in [6, 6.07) is 6.87. The first-order chi connectivity index (χ1) is 10.9. The lowest BCUT2D eigenvalue weighted by molar-refractivity contribution is -0.137. The third-order valence-corrected chi connectivity index (χ3v) is 4.20. The van der Waals surface area contributed by atoms with E-state index in [0.29, 0.717) is 12.2 Å². The highest BCUT2D eigenvalue weighted by atomic mass is 19.4. The Balaban J connectivity index is 1.64. The first kappa shape index (κ1) is 15.9. The Labute approximate surface area is 130 Å². The van der Waals surface area contributed by atoms with E-state index in [4.69, 9.17) is 4.52 Å². The van der Waals surface area contributed by atoms with Crippen LogP contribution >= 0.6 is 0 Å². The number of hydrogen-bond acceptors (Lipinski definition) is 3. The number of aromatic nitrogens is 1. The lowest BCUT2D eigenvalue weighted by Crippen LogP contribution is -2.38. The van der Waals surface area contributed by atoms with E-state index in [1.165, 1.54) is 18.2 Å². The number of nitrogens with one attached hydrogen (secondary N) is 2. The zero-order chi connectivity index (χ0) is 16.4. The summed E-state index contributed by atoms with van der Waals surface area (Å²) in [5.41, 5.74) is -0.0330. The quantitative estimate of drug-likeness (QED) is 0.911. The van der Waals surface area contributed by atoms with Crippen molar-refractivity contribution >= 4 is 0 Å². The Morgan fingerprint density at radius 1 is 1.22 bits per heavy atom. The van der Waals surface area contributed by atoms with Crippen LogP contribution in [0.2, 0.25) is 0 Å². The van der Waals surface area contributed by atoms with Gasteiger partial charge >= 0.3 is 6.18 Å². The SMILES string of the molecule is O=c1cc([C@H]2CCN[C@@H](Cc3ccc(C(F)(F)F)cc3)C2)o[nH]1. The Bertz CT molecular complexity index is 703. The minimum atomic E-state index is -4.31. The molecule has 23 heavy (non-hydrogen) atoms. The number of piperidine rings is 1. The smallest absolute Gasteiger partial charge is 0.383 e. The predicted molar refractivity (Wildman–Crippen MR) is 78.2 cm³/mol. The van der Waals surface area contributed by atoms with Gasteiger partial charge in [-0.25, -0.2) is 0 Å². The second-order valence-electron chi connectivity index (χ2n) is 5.89. The van der Waals surface area contributed by atoms with Gasteiger partial charge in [-0.3, -0.25) is 4.79 Å². The maximum Gasteiger partial charge on any atom is 0.416 e. The van der Waals surface area contributed by atoms with Crippen molar-refractivity contribution in [3.63, 3.8) is 0 Å². The molecule has 2 heterocycles. The van der Waals surface area contributed by atoms with Crippen molar-refractivity contribution in [1.82, 2.24) is 10.5 Å². The second-order valence-corrected chi connectivity index (χ2v) is 5.89. The van der Waals surface area contributed by atoms with Crippen LogP contribution in [-0.4, -0.2) is 17.7 Å². The van der Waals surface area contributed by atoms with Crippen LogP contribution in [0.25, 0.3) is 0 Å². The van der Waals surface area contributed by atoms with Crippen molar-refractivity contribution in [3.05, 3.63) is 57.6 Å². The highest BCUT2D eigenvalue weighted by molar-refractivity contribution is 5.25. The molecule has 1 aliphatic heterocycles. The van der Waals surface area contributed by atoms with E-state index in [0.717, 1.165) is 37.1 Å². The van der Waals surface area contributed by atoms with Crippen LogP contribution in [0.5, 0.6) is 0 Å². The van der Waals surface area contributed by atoms with Crippen molar-refractivity contribution in [3.8, 4) is 0 Å². The molecule has 0 aliphatic carbocycles. The molecule has 0 unspecified atom stereocenters. The topological polar surface area (TPSA) is 58.0 Å². The van der Waals surface area contributed by atoms with Gasteiger partial charge in [0.05, 0.1) is 5.56 Å². The number of benzene rings is 1. The number of hydrogen-bond donors (Lipinski definition) is 2. The molecule has 1 aliphatic rings. The van der Waals surface area contributed by atoms with Gasteiger partial charge in [-0.15, -0.1) is 0 Å². The second kappa shape index (κ2) is 6.23. The minimum absolute atomic E-state index is 0.144. The molecule has 124 valence electrons. The van der Waals surface area contributed by atoms with Crippen LogP contribution in [0, 0.1) is 0 Å². The molecule has 3 rings (SSSR count). The van der Waals surface area contributed by atoms with Crippen LogP contribution in [0.3, 0.4) is 0 Å². The van der Waals surface area contributed by atoms with E-state index >= 15 is 0 Å². The normalized spacial score (nSPS) is 22.2. The van der Waals surface area contributed by atoms with E-state index in [1.54, 1.807) is 0 Å². The molecule has 2 atom stereocenters. The van der Waals surface area contributed by atoms with E-state index in [9.17, 15) is 18.0 Å². The first-order valence-corrected chi connectivity index (χ1v) is 7.50. The zero-order valence-corrected chi connectivity index (χ0v) is 12.3. The van der Waals surface area contributed by atoms with Crippen LogP contribution in [0.4, 0.5) is 13.2 Å². The number of alkyl halides is 3. The summed E-state index contributed by atoms with van der Waals surface area (Å²) in [7, 11) is 0. The van der Waals surface area contributed by atoms with Crippen LogP contribution < -0.4 is 10.9 Å². The molecule has 0 bridgehead atoms. The molecule has 2 aromatic rings. The Hall–Kier alpha value is -2.02. The van der Waals surface area contributed by atoms with Crippen LogP contribution in [0.1, 0.15) is 35.6 Å². The summed E-state index contributed by atoms with van der Waals surface area (Å²) in [6.07, 6.45) is -2.02. The van der Waals surface area contributed by atoms with E-state index in [-0.39, 0.29) is 17.5 Å². The number of halogens is 3. The third kappa shape index (κ3) is 3.85. The van der Waals surface area contributed by atoms with Crippen molar-refractivity contribution in [2.45, 2.75) is 37.4 Å². The standard InChI is InChI=1S/C16H17F3N2O2/c17-16(18,19)12-3-1-10(2-4-12)7-13-8-11(5-6-20-13)14-9-15(22)21-23-14/h1-4,9,11,13,20H,5-8H2,(H,21,22)/t11-,13-/m0/s1. The first-order valence-electron chi connectivity index (χ1n) is 7.50. The fraction of sp³-hybridized carbons (Fsp3) is 0.438. The van der Waals surface area contributed by atoms with Crippen molar-refractivity contribution in [2.75, 3.05) is 6.54 Å². The van der Waals surface area contributed by atoms with Crippen molar-refractivity contribution < 1.29 is 17.7 Å². The highest BCUT2D eigenvalue weighted by Gasteiger charge is 2.30. The summed E-state index contributed by atoms with van der Waals surface area (Å²) in [5, 5.41) is 5.66. The molecule has 1 fully saturated rings. The molecule has 0 amide bonds. The Morgan fingerprint density at radius 2 is 1.96 bits per heavy atom. The molecule has 4 nitrogen and oxygen atoms in total. The summed E-state index contributed by atoms with van der Waals surface area (Å²) in [6.45, 7) is 0.783. The van der Waals surface area contributed by atoms with Gasteiger partial charge in [0.1, 0.15) is 5.76 Å². The summed E-state index contributed by atoms with van der Waals surface area (Å²) >= 11 is 0. The van der Waals surface area contributed by atoms with Gasteiger partial charge in [-0.2, -0.15) is 18.3 Å². The van der Waals surface area contributed by atoms with Crippen LogP contribution in [-0.2, 0) is 12.6 Å². The van der Waals surface area contributed by atoms with E-state index in [2.05, 4.69) is 10.5 Å². The average molecular weight is 326 g/mol. The average Bonchev–Trinajstić information content (AvgIpc) is 2.94. The van der Waals surface area contributed by atoms with Gasteiger partial charge < -0.3 is 9.84 Å². The number of H-pyrrole nitrogens is 1. The monoisotopic (exact) mass is 326 g/mol. The molecule has 0 spiro atoms. The fourth-order valence-electron chi connectivity index (χ4n) is 3.03. The van der Waals surface area contributed by atoms with E-state index < -0.39 is 11.7 Å². The van der Waals surface area contributed by atoms with Gasteiger partial charge in [0.25, 0.3) is 5.56 Å². The third-order valence-electron chi connectivity index (χ3n) is 4.20. The molecule has 7 heteroatoms. The molecular weight excluding hydrogens is 309 g/mol. The van der Waals surface area contributed by atoms with Gasteiger partial charge in [0.15, 0.2) is 0 Å². The van der Waals surface area contributed by atoms with Gasteiger partial charge in [-0.1, -0.05) is 12.1 Å². The van der Waals surface area contributed by atoms with E-state index in [1.807, 2.05) is 0 Å². The fourth-order valence-corrected chi connectivity index (χ4v) is 3.03. The molecule has 1 aromatic heterocycles. The van der Waals surface area contributed by atoms with Gasteiger partial charge in [0, 0.05) is 18.0 Å². The Morgan fingerprint density at radius 3 is 2.57 bits per heavy atom. The Kier molecular flexibility index (Phi) is 4.30. The number of aromatic amines is 1. The summed E-state index contributed by atoms with van der Waals surface area (Å²) in [4.78, 5) is 11.2. The molecule has 0 radical (unpaired) electrons. The predicted octanol–water partition coefficient (Wildman–Crippen LogP) is 3.07. The zero-order valence-electron chi connectivity index (χ0n) is 12.3. The summed E-state index contributed by atoms with van der Waals surface area (Å²) < 4.78 is 42.9. The highest BCUT2D eigenvalue weighted by Crippen LogP contribution is 2.30. The maximum atomic E-state index is 12.6. The molecule has 1 saturated heterocycles. The maximum absolute atomic E-state index is 12.6. The molecule has 1 aromatic carbocycles. The molecule has 2 N–H and O–H groups in total. The number of rotatable bonds is 3. The van der Waals surface area contributed by atoms with Crippen molar-refractivity contribution in [2.24, 2.45) is 0 Å². The minimum Gasteiger partial charge on any atom is -0.383 e. The van der Waals surface area contributed by atoms with Gasteiger partial charge in [-0.05, 0) is 43.5 Å². The molecular formula is C16H17F3N2O2. The molecule has 0 saturated carbocycles. The van der Waals surface area contributed by atoms with Crippen molar-refractivity contribution in [1.29, 1.82) is 0 Å². The lowest BCUT2D eigenvalue weighted by Gasteiger charge is -2.29. The van der Waals surface area contributed by atoms with Crippen LogP contribution in [0.15, 0.2) is 39.6 Å². The van der Waals surface area contributed by atoms with Gasteiger partial charge in [0.2, 0.25) is 0 Å². The summed E-state index contributed by atoms with van der Waals surface area (Å²) in [5.74, 6) is 0.795.